The Morgan fingerprint density at radius 3 is 2.57 bits per heavy atom. The van der Waals surface area contributed by atoms with Gasteiger partial charge < -0.3 is 5.11 Å². The lowest BCUT2D eigenvalue weighted by atomic mass is 10.0. The van der Waals surface area contributed by atoms with Gasteiger partial charge in [0.15, 0.2) is 0 Å². The van der Waals surface area contributed by atoms with Crippen molar-refractivity contribution in [1.82, 2.24) is 4.98 Å². The largest absolute Gasteiger partial charge is 0.387 e. The monoisotopic (exact) mass is 257 g/mol. The van der Waals surface area contributed by atoms with E-state index in [4.69, 9.17) is 0 Å². The number of rotatable bonds is 4. The highest BCUT2D eigenvalue weighted by Crippen LogP contribution is 2.20. The smallest absolute Gasteiger partial charge is 0.0959 e. The lowest BCUT2D eigenvalue weighted by molar-refractivity contribution is 0.154. The molecule has 0 radical (unpaired) electrons. The molecule has 0 amide bonds. The van der Waals surface area contributed by atoms with Crippen molar-refractivity contribution in [3.05, 3.63) is 28.5 Å². The van der Waals surface area contributed by atoms with Gasteiger partial charge in [0, 0.05) is 10.7 Å². The number of aliphatic hydroxyl groups excluding tert-OH is 1. The van der Waals surface area contributed by atoms with Crippen LogP contribution in [0.2, 0.25) is 0 Å². The van der Waals surface area contributed by atoms with Crippen LogP contribution in [0.25, 0.3) is 0 Å². The Balaban J connectivity index is 2.52. The summed E-state index contributed by atoms with van der Waals surface area (Å²) in [5, 5.41) is 9.78. The van der Waals surface area contributed by atoms with Crippen LogP contribution in [0.4, 0.5) is 0 Å². The van der Waals surface area contributed by atoms with E-state index >= 15 is 0 Å². The second-order valence-electron chi connectivity index (χ2n) is 3.89. The molecule has 0 spiro atoms. The molecule has 0 saturated heterocycles. The van der Waals surface area contributed by atoms with Gasteiger partial charge in [-0.2, -0.15) is 0 Å². The second-order valence-corrected chi connectivity index (χ2v) is 4.80. The van der Waals surface area contributed by atoms with E-state index in [0.717, 1.165) is 23.0 Å². The first-order chi connectivity index (χ1) is 6.59. The number of nitrogens with zero attached hydrogens (tertiary/aromatic N) is 1. The molecule has 1 aromatic heterocycles. The van der Waals surface area contributed by atoms with Crippen LogP contribution in [-0.4, -0.2) is 10.1 Å². The van der Waals surface area contributed by atoms with Crippen molar-refractivity contribution in [2.75, 3.05) is 0 Å². The van der Waals surface area contributed by atoms with E-state index in [1.807, 2.05) is 12.1 Å². The van der Waals surface area contributed by atoms with E-state index in [0.29, 0.717) is 5.92 Å². The molecule has 2 nitrogen and oxygen atoms in total. The van der Waals surface area contributed by atoms with E-state index in [-0.39, 0.29) is 0 Å². The summed E-state index contributed by atoms with van der Waals surface area (Å²) in [5.74, 6) is 0.625. The Morgan fingerprint density at radius 2 is 2.07 bits per heavy atom. The molecule has 1 N–H and O–H groups in total. The summed E-state index contributed by atoms with van der Waals surface area (Å²) in [4.78, 5) is 4.16. The maximum Gasteiger partial charge on any atom is 0.0959 e. The molecule has 1 atom stereocenters. The van der Waals surface area contributed by atoms with Crippen LogP contribution in [0.3, 0.4) is 0 Å². The van der Waals surface area contributed by atoms with Gasteiger partial charge in [-0.25, -0.2) is 0 Å². The van der Waals surface area contributed by atoms with E-state index in [2.05, 4.69) is 34.8 Å². The fourth-order valence-corrected chi connectivity index (χ4v) is 1.46. The molecule has 3 heteroatoms. The first-order valence-electron chi connectivity index (χ1n) is 4.89. The summed E-state index contributed by atoms with van der Waals surface area (Å²) in [6.45, 7) is 4.31. The van der Waals surface area contributed by atoms with Gasteiger partial charge in [0.05, 0.1) is 11.8 Å². The average Bonchev–Trinajstić information content (AvgIpc) is 2.15. The van der Waals surface area contributed by atoms with Gasteiger partial charge in [0.2, 0.25) is 0 Å². The molecular formula is C11H16BrNO. The maximum absolute atomic E-state index is 9.78. The summed E-state index contributed by atoms with van der Waals surface area (Å²) in [6.07, 6.45) is 3.10. The number of aromatic nitrogens is 1. The third-order valence-electron chi connectivity index (χ3n) is 2.11. The first kappa shape index (κ1) is 11.7. The number of halogens is 1. The predicted molar refractivity (Wildman–Crippen MR) is 61.0 cm³/mol. The number of hydrogen-bond acceptors (Lipinski definition) is 2. The Labute approximate surface area is 93.5 Å². The molecular weight excluding hydrogens is 242 g/mol. The Kier molecular flexibility index (Phi) is 4.55. The molecule has 14 heavy (non-hydrogen) atoms. The van der Waals surface area contributed by atoms with Crippen molar-refractivity contribution in [1.29, 1.82) is 0 Å². The van der Waals surface area contributed by atoms with E-state index in [1.165, 1.54) is 0 Å². The molecule has 0 aromatic carbocycles. The maximum atomic E-state index is 9.78. The van der Waals surface area contributed by atoms with Crippen LogP contribution >= 0.6 is 15.9 Å². The minimum absolute atomic E-state index is 0.425. The highest BCUT2D eigenvalue weighted by molar-refractivity contribution is 9.10. The van der Waals surface area contributed by atoms with Crippen molar-refractivity contribution in [3.63, 3.8) is 0 Å². The molecule has 1 rings (SSSR count). The predicted octanol–water partition coefficient (Wildman–Crippen LogP) is 3.31. The van der Waals surface area contributed by atoms with Crippen molar-refractivity contribution in [2.24, 2.45) is 5.92 Å². The van der Waals surface area contributed by atoms with Gasteiger partial charge in [-0.05, 0) is 46.8 Å². The summed E-state index contributed by atoms with van der Waals surface area (Å²) in [6, 6.07) is 3.76. The second kappa shape index (κ2) is 5.47. The van der Waals surface area contributed by atoms with Crippen LogP contribution in [0, 0.1) is 5.92 Å². The molecule has 0 fully saturated rings. The molecule has 1 aromatic rings. The minimum atomic E-state index is -0.425. The van der Waals surface area contributed by atoms with E-state index < -0.39 is 6.10 Å². The van der Waals surface area contributed by atoms with Crippen LogP contribution < -0.4 is 0 Å². The third kappa shape index (κ3) is 3.76. The fraction of sp³-hybridized carbons (Fsp3) is 0.545. The quantitative estimate of drug-likeness (QED) is 0.898. The van der Waals surface area contributed by atoms with Crippen LogP contribution in [0.1, 0.15) is 38.5 Å². The van der Waals surface area contributed by atoms with Gasteiger partial charge in [-0.1, -0.05) is 13.8 Å². The van der Waals surface area contributed by atoms with Crippen LogP contribution in [0.5, 0.6) is 0 Å². The molecule has 0 aliphatic rings. The fourth-order valence-electron chi connectivity index (χ4n) is 1.22. The summed E-state index contributed by atoms with van der Waals surface area (Å²) in [7, 11) is 0. The zero-order valence-electron chi connectivity index (χ0n) is 8.57. The lowest BCUT2D eigenvalue weighted by Gasteiger charge is -2.11. The Bertz CT molecular complexity index is 271. The van der Waals surface area contributed by atoms with E-state index in [1.54, 1.807) is 6.20 Å². The standard InChI is InChI=1S/C11H16BrNO/c1-8(2)3-6-11(14)10-5-4-9(12)7-13-10/h4-5,7-8,11,14H,3,6H2,1-2H3. The molecule has 78 valence electrons. The molecule has 0 saturated carbocycles. The molecule has 1 unspecified atom stereocenters. The Hall–Kier alpha value is -0.410. The van der Waals surface area contributed by atoms with Gasteiger partial charge in [0.25, 0.3) is 0 Å². The van der Waals surface area contributed by atoms with Gasteiger partial charge in [0.1, 0.15) is 0 Å². The zero-order chi connectivity index (χ0) is 10.6. The number of hydrogen-bond donors (Lipinski definition) is 1. The highest BCUT2D eigenvalue weighted by atomic mass is 79.9. The first-order valence-corrected chi connectivity index (χ1v) is 5.68. The topological polar surface area (TPSA) is 33.1 Å². The van der Waals surface area contributed by atoms with Crippen LogP contribution in [-0.2, 0) is 0 Å². The molecule has 1 heterocycles. The summed E-state index contributed by atoms with van der Waals surface area (Å²) >= 11 is 3.31. The van der Waals surface area contributed by atoms with Gasteiger partial charge >= 0.3 is 0 Å². The molecule has 0 aliphatic heterocycles. The third-order valence-corrected chi connectivity index (χ3v) is 2.58. The van der Waals surface area contributed by atoms with Crippen molar-refractivity contribution >= 4 is 15.9 Å². The normalized spacial score (nSPS) is 13.2. The highest BCUT2D eigenvalue weighted by Gasteiger charge is 2.09. The van der Waals surface area contributed by atoms with Crippen LogP contribution in [0.15, 0.2) is 22.8 Å². The van der Waals surface area contributed by atoms with Crippen molar-refractivity contribution < 1.29 is 5.11 Å². The summed E-state index contributed by atoms with van der Waals surface area (Å²) in [5.41, 5.74) is 0.758. The van der Waals surface area contributed by atoms with Gasteiger partial charge in [-0.3, -0.25) is 4.98 Å². The van der Waals surface area contributed by atoms with Crippen molar-refractivity contribution in [2.45, 2.75) is 32.8 Å². The summed E-state index contributed by atoms with van der Waals surface area (Å²) < 4.78 is 0.942. The van der Waals surface area contributed by atoms with E-state index in [9.17, 15) is 5.11 Å². The average molecular weight is 258 g/mol. The SMILES string of the molecule is CC(C)CCC(O)c1ccc(Br)cn1. The minimum Gasteiger partial charge on any atom is -0.387 e. The van der Waals surface area contributed by atoms with Crippen molar-refractivity contribution in [3.8, 4) is 0 Å². The number of aliphatic hydroxyl groups is 1. The van der Waals surface area contributed by atoms with Gasteiger partial charge in [-0.15, -0.1) is 0 Å². The molecule has 0 bridgehead atoms. The lowest BCUT2D eigenvalue weighted by Crippen LogP contribution is -2.01. The zero-order valence-corrected chi connectivity index (χ0v) is 10.2. The number of pyridine rings is 1. The molecule has 0 aliphatic carbocycles. The Morgan fingerprint density at radius 1 is 1.36 bits per heavy atom.